The molecule has 1 aliphatic carbocycles. The smallest absolute Gasteiger partial charge is 0.253 e. The fourth-order valence-corrected chi connectivity index (χ4v) is 8.92. The molecular weight excluding hydrogens is 548 g/mol. The van der Waals surface area contributed by atoms with Crippen molar-refractivity contribution in [3.63, 3.8) is 0 Å². The Morgan fingerprint density at radius 2 is 1.60 bits per heavy atom. The van der Waals surface area contributed by atoms with Crippen molar-refractivity contribution in [2.24, 2.45) is 5.41 Å². The second kappa shape index (κ2) is 11.3. The van der Waals surface area contributed by atoms with Crippen LogP contribution in [0, 0.1) is 19.3 Å². The average Bonchev–Trinajstić information content (AvgIpc) is 3.38. The van der Waals surface area contributed by atoms with E-state index in [0.29, 0.717) is 34.3 Å². The minimum Gasteiger partial charge on any atom is -0.497 e. The van der Waals surface area contributed by atoms with Gasteiger partial charge in [-0.3, -0.25) is 9.78 Å². The summed E-state index contributed by atoms with van der Waals surface area (Å²) >= 11 is 0. The van der Waals surface area contributed by atoms with Gasteiger partial charge in [0, 0.05) is 55.9 Å². The van der Waals surface area contributed by atoms with Crippen molar-refractivity contribution >= 4 is 21.6 Å². The number of nitrogens with one attached hydrogen (secondary N) is 1. The molecule has 3 aliphatic rings. The first-order valence-electron chi connectivity index (χ1n) is 14.9. The molecule has 42 heavy (non-hydrogen) atoms. The van der Waals surface area contributed by atoms with Crippen molar-refractivity contribution in [3.8, 4) is 5.75 Å². The van der Waals surface area contributed by atoms with E-state index in [0.717, 1.165) is 69.4 Å². The summed E-state index contributed by atoms with van der Waals surface area (Å²) < 4.78 is 35.3. The molecule has 0 saturated carbocycles. The van der Waals surface area contributed by atoms with Gasteiger partial charge in [-0.25, -0.2) is 13.1 Å². The summed E-state index contributed by atoms with van der Waals surface area (Å²) in [6, 6.07) is 13.1. The number of aryl methyl sites for hydroxylation is 3. The summed E-state index contributed by atoms with van der Waals surface area (Å²) in [6.45, 7) is 7.17. The molecule has 1 unspecified atom stereocenters. The molecule has 6 rings (SSSR count). The van der Waals surface area contributed by atoms with Crippen LogP contribution >= 0.6 is 0 Å². The predicted octanol–water partition coefficient (Wildman–Crippen LogP) is 5.20. The molecule has 2 aliphatic heterocycles. The van der Waals surface area contributed by atoms with Crippen molar-refractivity contribution in [2.45, 2.75) is 63.3 Å². The van der Waals surface area contributed by atoms with Crippen LogP contribution in [-0.4, -0.2) is 57.5 Å². The Kier molecular flexibility index (Phi) is 7.74. The molecule has 9 heteroatoms. The van der Waals surface area contributed by atoms with Crippen molar-refractivity contribution in [1.82, 2.24) is 14.6 Å². The molecule has 1 N–H and O–H groups in total. The molecule has 3 aromatic rings. The van der Waals surface area contributed by atoms with Gasteiger partial charge in [-0.1, -0.05) is 6.07 Å². The third-order valence-electron chi connectivity index (χ3n) is 9.67. The number of ether oxygens (including phenoxy) is 1. The highest BCUT2D eigenvalue weighted by Gasteiger charge is 2.39. The number of sulfonamides is 1. The molecular formula is C33H40N4O4S. The minimum absolute atomic E-state index is 0.0391. The number of benzene rings is 2. The van der Waals surface area contributed by atoms with E-state index in [1.807, 2.05) is 35.5 Å². The topological polar surface area (TPSA) is 91.8 Å². The maximum absolute atomic E-state index is 13.6. The summed E-state index contributed by atoms with van der Waals surface area (Å²) in [6.07, 6.45) is 9.49. The number of rotatable bonds is 6. The van der Waals surface area contributed by atoms with Crippen LogP contribution in [0.15, 0.2) is 59.8 Å². The van der Waals surface area contributed by atoms with E-state index in [2.05, 4.69) is 26.7 Å². The van der Waals surface area contributed by atoms with Gasteiger partial charge in [0.25, 0.3) is 5.91 Å². The zero-order chi connectivity index (χ0) is 29.5. The van der Waals surface area contributed by atoms with Gasteiger partial charge in [-0.05, 0) is 116 Å². The number of aromatic nitrogens is 1. The third-order valence-corrected chi connectivity index (χ3v) is 11.4. The van der Waals surface area contributed by atoms with Crippen LogP contribution in [0.2, 0.25) is 0 Å². The number of fused-ring (bicyclic) bond motifs is 1. The number of carbonyl (C=O) groups is 1. The van der Waals surface area contributed by atoms with Gasteiger partial charge in [0.2, 0.25) is 10.0 Å². The van der Waals surface area contributed by atoms with E-state index < -0.39 is 10.0 Å². The Morgan fingerprint density at radius 3 is 2.24 bits per heavy atom. The Balaban J connectivity index is 1.11. The van der Waals surface area contributed by atoms with Gasteiger partial charge < -0.3 is 14.5 Å². The van der Waals surface area contributed by atoms with E-state index in [9.17, 15) is 13.2 Å². The van der Waals surface area contributed by atoms with Crippen LogP contribution in [0.25, 0.3) is 0 Å². The molecule has 2 aromatic carbocycles. The lowest BCUT2D eigenvalue weighted by Crippen LogP contribution is -2.48. The molecule has 8 nitrogen and oxygen atoms in total. The number of hydrogen-bond donors (Lipinski definition) is 1. The Morgan fingerprint density at radius 1 is 0.952 bits per heavy atom. The van der Waals surface area contributed by atoms with Crippen LogP contribution in [0.3, 0.4) is 0 Å². The van der Waals surface area contributed by atoms with Gasteiger partial charge in [0.15, 0.2) is 0 Å². The first-order chi connectivity index (χ1) is 20.2. The van der Waals surface area contributed by atoms with E-state index in [-0.39, 0.29) is 16.8 Å². The number of carbonyl (C=O) groups excluding carboxylic acids is 1. The SMILES string of the molecule is COc1cc(C)c(S(=O)(=O)NC2CCc3ccc(C(=O)N4CCC5(CC4)CCN(c4ccncc4)CC5)cc32)c(C)c1. The number of nitrogens with zero attached hydrogens (tertiary/aromatic N) is 3. The summed E-state index contributed by atoms with van der Waals surface area (Å²) in [5, 5.41) is 0. The molecule has 0 radical (unpaired) electrons. The van der Waals surface area contributed by atoms with Crippen molar-refractivity contribution in [2.75, 3.05) is 38.2 Å². The fourth-order valence-electron chi connectivity index (χ4n) is 7.22. The fraction of sp³-hybridized carbons (Fsp3) is 0.455. The monoisotopic (exact) mass is 588 g/mol. The molecule has 1 amide bonds. The van der Waals surface area contributed by atoms with Gasteiger partial charge in [0.1, 0.15) is 5.75 Å². The Hall–Kier alpha value is -3.43. The van der Waals surface area contributed by atoms with Crippen LogP contribution in [0.1, 0.15) is 70.8 Å². The second-order valence-corrected chi connectivity index (χ2v) is 13.9. The molecule has 0 bridgehead atoms. The Bertz CT molecular complexity index is 1550. The quantitative estimate of drug-likeness (QED) is 0.426. The van der Waals surface area contributed by atoms with E-state index >= 15 is 0 Å². The molecule has 2 fully saturated rings. The summed E-state index contributed by atoms with van der Waals surface area (Å²) in [7, 11) is -2.20. The molecule has 1 atom stereocenters. The van der Waals surface area contributed by atoms with Crippen LogP contribution < -0.4 is 14.4 Å². The number of pyridine rings is 1. The first kappa shape index (κ1) is 28.7. The standard InChI is InChI=1S/C33H40N4O4S/c1-23-20-28(41-3)21-24(2)31(23)42(39,40)35-30-7-6-25-4-5-26(22-29(25)30)32(38)37-18-12-33(13-19-37)10-16-36(17-11-33)27-8-14-34-15-9-27/h4-5,8-9,14-15,20-22,30,35H,6-7,10-13,16-19H2,1-3H3. The van der Waals surface area contributed by atoms with Crippen molar-refractivity contribution in [1.29, 1.82) is 0 Å². The summed E-state index contributed by atoms with van der Waals surface area (Å²) in [5.41, 5.74) is 5.48. The highest BCUT2D eigenvalue weighted by atomic mass is 32.2. The van der Waals surface area contributed by atoms with E-state index in [4.69, 9.17) is 4.74 Å². The molecule has 222 valence electrons. The predicted molar refractivity (Wildman–Crippen MR) is 164 cm³/mol. The number of piperidine rings is 2. The second-order valence-electron chi connectivity index (χ2n) is 12.2. The summed E-state index contributed by atoms with van der Waals surface area (Å²) in [5.74, 6) is 0.676. The van der Waals surface area contributed by atoms with Crippen molar-refractivity contribution in [3.05, 3.63) is 82.7 Å². The number of methoxy groups -OCH3 is 1. The lowest BCUT2D eigenvalue weighted by atomic mass is 9.71. The summed E-state index contributed by atoms with van der Waals surface area (Å²) in [4.78, 5) is 22.5. The number of amides is 1. The van der Waals surface area contributed by atoms with Crippen molar-refractivity contribution < 1.29 is 17.9 Å². The van der Waals surface area contributed by atoms with E-state index in [1.54, 1.807) is 33.1 Å². The maximum Gasteiger partial charge on any atom is 0.253 e. The number of likely N-dealkylation sites (tertiary alicyclic amines) is 1. The molecule has 2 saturated heterocycles. The molecule has 1 aromatic heterocycles. The number of hydrogen-bond acceptors (Lipinski definition) is 6. The Labute approximate surface area is 249 Å². The normalized spacial score (nSPS) is 20.0. The highest BCUT2D eigenvalue weighted by molar-refractivity contribution is 7.89. The largest absolute Gasteiger partial charge is 0.497 e. The first-order valence-corrected chi connectivity index (χ1v) is 16.4. The minimum atomic E-state index is -3.77. The van der Waals surface area contributed by atoms with Gasteiger partial charge in [-0.2, -0.15) is 0 Å². The van der Waals surface area contributed by atoms with Crippen LogP contribution in [-0.2, 0) is 16.4 Å². The molecule has 3 heterocycles. The van der Waals surface area contributed by atoms with Gasteiger partial charge >= 0.3 is 0 Å². The van der Waals surface area contributed by atoms with Gasteiger partial charge in [0.05, 0.1) is 12.0 Å². The lowest BCUT2D eigenvalue weighted by molar-refractivity contribution is 0.0515. The van der Waals surface area contributed by atoms with Crippen LogP contribution in [0.4, 0.5) is 5.69 Å². The van der Waals surface area contributed by atoms with E-state index in [1.165, 1.54) is 5.69 Å². The number of anilines is 1. The average molecular weight is 589 g/mol. The van der Waals surface area contributed by atoms with Gasteiger partial charge in [-0.15, -0.1) is 0 Å². The zero-order valence-electron chi connectivity index (χ0n) is 24.7. The lowest BCUT2D eigenvalue weighted by Gasteiger charge is -2.47. The third kappa shape index (κ3) is 5.52. The molecule has 1 spiro atoms. The highest BCUT2D eigenvalue weighted by Crippen LogP contribution is 2.42. The van der Waals surface area contributed by atoms with Crippen LogP contribution in [0.5, 0.6) is 5.75 Å². The maximum atomic E-state index is 13.6. The zero-order valence-corrected chi connectivity index (χ0v) is 25.5.